The third-order valence-electron chi connectivity index (χ3n) is 9.44. The highest BCUT2D eigenvalue weighted by molar-refractivity contribution is 7.99. The molecule has 2 aromatic rings. The van der Waals surface area contributed by atoms with Crippen molar-refractivity contribution in [1.82, 2.24) is 5.32 Å². The first-order chi connectivity index (χ1) is 25.4. The third kappa shape index (κ3) is 23.0. The molecule has 0 fully saturated rings. The molecule has 3 N–H and O–H groups in total. The molecule has 292 valence electrons. The summed E-state index contributed by atoms with van der Waals surface area (Å²) in [4.78, 5) is 38.7. The van der Waals surface area contributed by atoms with E-state index in [1.165, 1.54) is 88.8 Å². The first kappa shape index (κ1) is 45.3. The summed E-state index contributed by atoms with van der Waals surface area (Å²) in [7, 11) is 0. The number of nitrogens with two attached hydrogens (primary N) is 1. The van der Waals surface area contributed by atoms with Crippen molar-refractivity contribution < 1.29 is 23.9 Å². The van der Waals surface area contributed by atoms with Crippen molar-refractivity contribution in [1.29, 1.82) is 0 Å². The molecule has 0 spiro atoms. The molecular formula is C44H70N2O5S. The second-order valence-corrected chi connectivity index (χ2v) is 15.3. The fourth-order valence-corrected chi connectivity index (χ4v) is 7.22. The van der Waals surface area contributed by atoms with Crippen LogP contribution >= 0.6 is 11.8 Å². The van der Waals surface area contributed by atoms with E-state index in [0.29, 0.717) is 30.8 Å². The van der Waals surface area contributed by atoms with Gasteiger partial charge in [-0.15, -0.1) is 0 Å². The number of nitrogens with one attached hydrogen (secondary N) is 1. The van der Waals surface area contributed by atoms with Gasteiger partial charge in [0.05, 0.1) is 12.1 Å². The number of carbonyl (C=O) groups excluding carboxylic acids is 3. The van der Waals surface area contributed by atoms with Crippen LogP contribution in [0, 0.1) is 0 Å². The number of hydrogen-bond donors (Lipinski definition) is 2. The van der Waals surface area contributed by atoms with E-state index in [1.807, 2.05) is 48.5 Å². The van der Waals surface area contributed by atoms with E-state index in [2.05, 4.69) is 31.3 Å². The Morgan fingerprint density at radius 1 is 0.635 bits per heavy atom. The molecule has 1 amide bonds. The third-order valence-corrected chi connectivity index (χ3v) is 10.6. The van der Waals surface area contributed by atoms with Gasteiger partial charge in [0.1, 0.15) is 12.7 Å². The van der Waals surface area contributed by atoms with Crippen molar-refractivity contribution in [2.45, 2.75) is 167 Å². The maximum atomic E-state index is 13.3. The van der Waals surface area contributed by atoms with Crippen LogP contribution in [0.1, 0.15) is 159 Å². The largest absolute Gasteiger partial charge is 0.462 e. The fraction of sp³-hybridized carbons (Fsp3) is 0.659. The van der Waals surface area contributed by atoms with Crippen molar-refractivity contribution in [2.24, 2.45) is 5.73 Å². The highest BCUT2D eigenvalue weighted by atomic mass is 32.2. The Bertz CT molecular complexity index is 1180. The normalized spacial score (nSPS) is 12.9. The standard InChI is InChI=1S/C44H70N2O5S/c1-3-5-7-9-11-13-15-17-25-31-42(47)50-34-39(51-43(48)32-26-18-16-14-12-10-8-6-4-2)35-52-36-40(45)44(49)46-41(38-29-23-20-24-30-38)33-37-27-21-19-22-28-37/h19-24,27-30,39-41H,3-18,25-26,31-36,45H2,1-2H3,(H,46,49)/t39-,40+,41?/m1/s1. The van der Waals surface area contributed by atoms with Crippen molar-refractivity contribution in [2.75, 3.05) is 18.1 Å². The van der Waals surface area contributed by atoms with Gasteiger partial charge in [0, 0.05) is 24.3 Å². The number of hydrogen-bond acceptors (Lipinski definition) is 7. The first-order valence-corrected chi connectivity index (χ1v) is 21.7. The molecule has 52 heavy (non-hydrogen) atoms. The van der Waals surface area contributed by atoms with Crippen LogP contribution in [0.3, 0.4) is 0 Å². The molecule has 0 aromatic heterocycles. The fourth-order valence-electron chi connectivity index (χ4n) is 6.25. The summed E-state index contributed by atoms with van der Waals surface area (Å²) < 4.78 is 11.4. The van der Waals surface area contributed by atoms with Gasteiger partial charge in [-0.05, 0) is 30.4 Å². The molecular weight excluding hydrogens is 669 g/mol. The highest BCUT2D eigenvalue weighted by Gasteiger charge is 2.22. The lowest BCUT2D eigenvalue weighted by atomic mass is 9.98. The summed E-state index contributed by atoms with van der Waals surface area (Å²) in [5.41, 5.74) is 8.52. The second-order valence-electron chi connectivity index (χ2n) is 14.3. The molecule has 0 aliphatic carbocycles. The zero-order valence-electron chi connectivity index (χ0n) is 32.5. The maximum Gasteiger partial charge on any atom is 0.306 e. The van der Waals surface area contributed by atoms with Gasteiger partial charge >= 0.3 is 11.9 Å². The zero-order valence-corrected chi connectivity index (χ0v) is 33.3. The molecule has 0 aliphatic rings. The van der Waals surface area contributed by atoms with Gasteiger partial charge in [0.15, 0.2) is 0 Å². The van der Waals surface area contributed by atoms with Crippen molar-refractivity contribution in [3.8, 4) is 0 Å². The van der Waals surface area contributed by atoms with E-state index in [1.54, 1.807) is 0 Å². The molecule has 0 aliphatic heterocycles. The predicted molar refractivity (Wildman–Crippen MR) is 217 cm³/mol. The number of carbonyl (C=O) groups is 3. The molecule has 0 saturated carbocycles. The van der Waals surface area contributed by atoms with Crippen LogP contribution in [0.4, 0.5) is 0 Å². The van der Waals surface area contributed by atoms with Crippen molar-refractivity contribution >= 4 is 29.6 Å². The average molecular weight is 739 g/mol. The molecule has 8 heteroatoms. The second kappa shape index (κ2) is 30.6. The summed E-state index contributed by atoms with van der Waals surface area (Å²) in [6.07, 6.45) is 22.0. The Morgan fingerprint density at radius 2 is 1.12 bits per heavy atom. The number of unbranched alkanes of at least 4 members (excludes halogenated alkanes) is 16. The Kier molecular flexibility index (Phi) is 26.7. The summed E-state index contributed by atoms with van der Waals surface area (Å²) >= 11 is 1.44. The van der Waals surface area contributed by atoms with E-state index in [4.69, 9.17) is 15.2 Å². The highest BCUT2D eigenvalue weighted by Crippen LogP contribution is 2.20. The summed E-state index contributed by atoms with van der Waals surface area (Å²) in [6, 6.07) is 19.0. The Morgan fingerprint density at radius 3 is 1.65 bits per heavy atom. The molecule has 0 heterocycles. The van der Waals surface area contributed by atoms with Crippen LogP contribution in [0.15, 0.2) is 60.7 Å². The molecule has 0 radical (unpaired) electrons. The molecule has 1 unspecified atom stereocenters. The van der Waals surface area contributed by atoms with E-state index in [-0.39, 0.29) is 30.5 Å². The van der Waals surface area contributed by atoms with Gasteiger partial charge < -0.3 is 20.5 Å². The average Bonchev–Trinajstić information content (AvgIpc) is 3.16. The minimum Gasteiger partial charge on any atom is -0.462 e. The van der Waals surface area contributed by atoms with Gasteiger partial charge in [-0.25, -0.2) is 0 Å². The Balaban J connectivity index is 1.82. The van der Waals surface area contributed by atoms with Crippen molar-refractivity contribution in [3.05, 3.63) is 71.8 Å². The molecule has 3 atom stereocenters. The van der Waals surface area contributed by atoms with Gasteiger partial charge in [-0.2, -0.15) is 11.8 Å². The minimum atomic E-state index is -0.750. The lowest BCUT2D eigenvalue weighted by Crippen LogP contribution is -2.44. The van der Waals surface area contributed by atoms with Crippen molar-refractivity contribution in [3.63, 3.8) is 0 Å². The maximum absolute atomic E-state index is 13.3. The lowest BCUT2D eigenvalue weighted by Gasteiger charge is -2.22. The van der Waals surface area contributed by atoms with E-state index in [9.17, 15) is 14.4 Å². The Labute approximate surface area is 320 Å². The molecule has 0 saturated heterocycles. The lowest BCUT2D eigenvalue weighted by molar-refractivity contribution is -0.157. The smallest absolute Gasteiger partial charge is 0.306 e. The minimum absolute atomic E-state index is 0.0152. The van der Waals surface area contributed by atoms with Gasteiger partial charge in [0.25, 0.3) is 0 Å². The van der Waals surface area contributed by atoms with Gasteiger partial charge in [0.2, 0.25) is 5.91 Å². The van der Waals surface area contributed by atoms with E-state index in [0.717, 1.165) is 49.7 Å². The van der Waals surface area contributed by atoms with Crippen LogP contribution in [0.2, 0.25) is 0 Å². The van der Waals surface area contributed by atoms with Gasteiger partial charge in [-0.1, -0.05) is 177 Å². The number of esters is 2. The summed E-state index contributed by atoms with van der Waals surface area (Å²) in [5.74, 6) is -0.0191. The number of thioether (sulfide) groups is 1. The SMILES string of the molecule is CCCCCCCCCCCC(=O)OC[C@H](CSC[C@H](N)C(=O)NC(Cc1ccccc1)c1ccccc1)OC(=O)CCCCCCCCCCC. The number of rotatable bonds is 32. The van der Waals surface area contributed by atoms with E-state index < -0.39 is 12.1 Å². The van der Waals surface area contributed by atoms with Crippen LogP contribution in [0.25, 0.3) is 0 Å². The monoisotopic (exact) mass is 739 g/mol. The summed E-state index contributed by atoms with van der Waals surface area (Å²) in [5, 5.41) is 3.15. The van der Waals surface area contributed by atoms with Crippen LogP contribution in [-0.4, -0.2) is 48.1 Å². The molecule has 2 rings (SSSR count). The number of amides is 1. The van der Waals surface area contributed by atoms with Crippen LogP contribution in [0.5, 0.6) is 0 Å². The van der Waals surface area contributed by atoms with E-state index >= 15 is 0 Å². The first-order valence-electron chi connectivity index (χ1n) is 20.5. The van der Waals surface area contributed by atoms with Crippen LogP contribution in [-0.2, 0) is 30.3 Å². The quantitative estimate of drug-likeness (QED) is 0.0568. The number of benzene rings is 2. The number of ether oxygens (including phenoxy) is 2. The van der Waals surface area contributed by atoms with Crippen LogP contribution < -0.4 is 11.1 Å². The topological polar surface area (TPSA) is 108 Å². The molecule has 7 nitrogen and oxygen atoms in total. The predicted octanol–water partition coefficient (Wildman–Crippen LogP) is 10.4. The molecule has 0 bridgehead atoms. The molecule has 2 aromatic carbocycles. The zero-order chi connectivity index (χ0) is 37.5. The summed E-state index contributed by atoms with van der Waals surface area (Å²) in [6.45, 7) is 4.48. The Hall–Kier alpha value is -2.84. The van der Waals surface area contributed by atoms with Gasteiger partial charge in [-0.3, -0.25) is 14.4 Å².